The van der Waals surface area contributed by atoms with Crippen LogP contribution in [0.25, 0.3) is 0 Å². The Balaban J connectivity index is 2.10. The van der Waals surface area contributed by atoms with Crippen LogP contribution < -0.4 is 9.62 Å². The van der Waals surface area contributed by atoms with E-state index in [0.29, 0.717) is 6.42 Å². The minimum atomic E-state index is -4.22. The Morgan fingerprint density at radius 2 is 1.51 bits per heavy atom. The third kappa shape index (κ3) is 8.24. The molecule has 3 aromatic carbocycles. The monoisotopic (exact) mass is 617 g/mol. The van der Waals surface area contributed by atoms with Crippen LogP contribution in [-0.2, 0) is 26.2 Å². The molecule has 0 aliphatic carbocycles. The maximum Gasteiger partial charge on any atom is 0.264 e. The number of carbonyl (C=O) groups is 2. The van der Waals surface area contributed by atoms with Crippen LogP contribution in [0.3, 0.4) is 0 Å². The van der Waals surface area contributed by atoms with Crippen molar-refractivity contribution in [1.82, 2.24) is 10.2 Å². The molecule has 2 amide bonds. The first kappa shape index (κ1) is 32.4. The highest BCUT2D eigenvalue weighted by Gasteiger charge is 2.34. The summed E-state index contributed by atoms with van der Waals surface area (Å²) in [5.41, 5.74) is 2.84. The molecule has 0 spiro atoms. The van der Waals surface area contributed by atoms with E-state index in [-0.39, 0.29) is 39.1 Å². The van der Waals surface area contributed by atoms with Gasteiger partial charge < -0.3 is 10.2 Å². The minimum absolute atomic E-state index is 0.0130. The summed E-state index contributed by atoms with van der Waals surface area (Å²) in [6.45, 7) is 9.05. The fraction of sp³-hybridized carbons (Fsp3) is 0.355. The predicted octanol–water partition coefficient (Wildman–Crippen LogP) is 6.53. The second-order valence-electron chi connectivity index (χ2n) is 10.1. The number of benzene rings is 3. The Morgan fingerprint density at radius 1 is 0.902 bits per heavy atom. The molecule has 2 atom stereocenters. The normalized spacial score (nSPS) is 12.9. The van der Waals surface area contributed by atoms with Gasteiger partial charge in [0.25, 0.3) is 10.0 Å². The summed E-state index contributed by atoms with van der Waals surface area (Å²) in [5.74, 6) is -0.825. The molecule has 0 bridgehead atoms. The molecule has 3 aromatic rings. The molecule has 220 valence electrons. The molecule has 0 aromatic heterocycles. The number of hydrogen-bond acceptors (Lipinski definition) is 4. The Kier molecular flexibility index (Phi) is 11.2. The summed E-state index contributed by atoms with van der Waals surface area (Å²) in [6, 6.07) is 17.4. The second-order valence-corrected chi connectivity index (χ2v) is 12.9. The lowest BCUT2D eigenvalue weighted by molar-refractivity contribution is -0.140. The van der Waals surface area contributed by atoms with Gasteiger partial charge in [0, 0.05) is 22.6 Å². The number of carbonyl (C=O) groups excluding carboxylic acids is 2. The Bertz CT molecular complexity index is 1460. The summed E-state index contributed by atoms with van der Waals surface area (Å²) in [5, 5.41) is 3.42. The van der Waals surface area contributed by atoms with Gasteiger partial charge in [0.1, 0.15) is 12.6 Å². The fourth-order valence-corrected chi connectivity index (χ4v) is 6.29. The molecule has 0 heterocycles. The number of sulfonamides is 1. The zero-order valence-corrected chi connectivity index (χ0v) is 26.4. The highest BCUT2D eigenvalue weighted by Crippen LogP contribution is 2.30. The highest BCUT2D eigenvalue weighted by atomic mass is 35.5. The molecular weight excluding hydrogens is 581 g/mol. The fourth-order valence-electron chi connectivity index (χ4n) is 4.38. The van der Waals surface area contributed by atoms with E-state index in [4.69, 9.17) is 23.2 Å². The van der Waals surface area contributed by atoms with Gasteiger partial charge in [0.15, 0.2) is 0 Å². The number of nitrogens with zero attached hydrogens (tertiary/aromatic N) is 2. The molecule has 7 nitrogen and oxygen atoms in total. The van der Waals surface area contributed by atoms with Crippen LogP contribution in [0.2, 0.25) is 10.0 Å². The lowest BCUT2D eigenvalue weighted by Crippen LogP contribution is -2.53. The molecule has 0 aliphatic heterocycles. The van der Waals surface area contributed by atoms with E-state index in [0.717, 1.165) is 27.4 Å². The third-order valence-corrected chi connectivity index (χ3v) is 9.24. The molecule has 10 heteroatoms. The van der Waals surface area contributed by atoms with Crippen molar-refractivity contribution in [2.24, 2.45) is 0 Å². The molecule has 3 rings (SSSR count). The number of anilines is 1. The van der Waals surface area contributed by atoms with E-state index < -0.39 is 28.5 Å². The standard InChI is InChI=1S/C31H37Cl2N3O4S/c1-6-23(5)34-31(38)29(7-2)35(19-24-11-9-8-10-22(24)4)30(37)20-36(27-17-25(32)16-26(33)18-27)41(39,40)28-14-12-21(3)13-15-28/h8-18,23,29H,6-7,19-20H2,1-5H3,(H,34,38)/t23-,29+/m0/s1. The van der Waals surface area contributed by atoms with Crippen molar-refractivity contribution >= 4 is 50.7 Å². The summed E-state index contributed by atoms with van der Waals surface area (Å²) < 4.78 is 29.0. The van der Waals surface area contributed by atoms with Crippen LogP contribution in [-0.4, -0.2) is 43.8 Å². The molecule has 1 N–H and O–H groups in total. The predicted molar refractivity (Wildman–Crippen MR) is 166 cm³/mol. The van der Waals surface area contributed by atoms with Crippen molar-refractivity contribution < 1.29 is 18.0 Å². The van der Waals surface area contributed by atoms with Crippen LogP contribution in [0.15, 0.2) is 71.6 Å². The summed E-state index contributed by atoms with van der Waals surface area (Å²) in [6.07, 6.45) is 1.07. The largest absolute Gasteiger partial charge is 0.352 e. The van der Waals surface area contributed by atoms with Crippen LogP contribution >= 0.6 is 23.2 Å². The quantitative estimate of drug-likeness (QED) is 0.250. The summed E-state index contributed by atoms with van der Waals surface area (Å²) >= 11 is 12.5. The average Bonchev–Trinajstić information content (AvgIpc) is 2.92. The number of aryl methyl sites for hydroxylation is 2. The third-order valence-electron chi connectivity index (χ3n) is 7.01. The van der Waals surface area contributed by atoms with Gasteiger partial charge in [-0.05, 0) is 75.1 Å². The van der Waals surface area contributed by atoms with Gasteiger partial charge >= 0.3 is 0 Å². The van der Waals surface area contributed by atoms with E-state index in [1.165, 1.54) is 35.2 Å². The van der Waals surface area contributed by atoms with Crippen LogP contribution in [0.1, 0.15) is 50.3 Å². The van der Waals surface area contributed by atoms with Gasteiger partial charge in [-0.2, -0.15) is 0 Å². The van der Waals surface area contributed by atoms with Gasteiger partial charge in [0.05, 0.1) is 10.6 Å². The first-order valence-electron chi connectivity index (χ1n) is 13.6. The number of rotatable bonds is 12. The summed E-state index contributed by atoms with van der Waals surface area (Å²) in [4.78, 5) is 29.0. The van der Waals surface area contributed by atoms with Crippen LogP contribution in [0, 0.1) is 13.8 Å². The maximum atomic E-state index is 14.2. The highest BCUT2D eigenvalue weighted by molar-refractivity contribution is 7.92. The first-order chi connectivity index (χ1) is 19.4. The van der Waals surface area contributed by atoms with Gasteiger partial charge in [-0.25, -0.2) is 8.42 Å². The Labute approximate surface area is 253 Å². The van der Waals surface area contributed by atoms with Crippen molar-refractivity contribution in [3.63, 3.8) is 0 Å². The number of hydrogen-bond donors (Lipinski definition) is 1. The number of nitrogens with one attached hydrogen (secondary N) is 1. The maximum absolute atomic E-state index is 14.2. The van der Waals surface area contributed by atoms with Gasteiger partial charge in [-0.3, -0.25) is 13.9 Å². The minimum Gasteiger partial charge on any atom is -0.352 e. The van der Waals surface area contributed by atoms with E-state index in [9.17, 15) is 18.0 Å². The summed E-state index contributed by atoms with van der Waals surface area (Å²) in [7, 11) is -4.22. The molecule has 0 radical (unpaired) electrons. The van der Waals surface area contributed by atoms with E-state index in [1.54, 1.807) is 12.1 Å². The molecule has 41 heavy (non-hydrogen) atoms. The topological polar surface area (TPSA) is 86.8 Å². The molecule has 0 unspecified atom stereocenters. The van der Waals surface area contributed by atoms with Gasteiger partial charge in [-0.15, -0.1) is 0 Å². The molecule has 0 aliphatic rings. The van der Waals surface area contributed by atoms with Crippen LogP contribution in [0.5, 0.6) is 0 Å². The van der Waals surface area contributed by atoms with Crippen molar-refractivity contribution in [3.8, 4) is 0 Å². The van der Waals surface area contributed by atoms with Crippen molar-refractivity contribution in [2.45, 2.75) is 71.0 Å². The lowest BCUT2D eigenvalue weighted by Gasteiger charge is -2.34. The van der Waals surface area contributed by atoms with Crippen LogP contribution in [0.4, 0.5) is 5.69 Å². The molecular formula is C31H37Cl2N3O4S. The second kappa shape index (κ2) is 14.2. The van der Waals surface area contributed by atoms with Gasteiger partial charge in [0.2, 0.25) is 11.8 Å². The zero-order valence-electron chi connectivity index (χ0n) is 24.0. The number of amides is 2. The Morgan fingerprint density at radius 3 is 2.07 bits per heavy atom. The van der Waals surface area contributed by atoms with Crippen molar-refractivity contribution in [1.29, 1.82) is 0 Å². The molecule has 0 saturated heterocycles. The smallest absolute Gasteiger partial charge is 0.264 e. The first-order valence-corrected chi connectivity index (χ1v) is 15.8. The zero-order chi connectivity index (χ0) is 30.3. The molecule has 0 fully saturated rings. The SMILES string of the molecule is CC[C@H](C(=O)N[C@@H](C)CC)N(Cc1ccccc1C)C(=O)CN(c1cc(Cl)cc(Cl)c1)S(=O)(=O)c1ccc(C)cc1. The van der Waals surface area contributed by atoms with E-state index in [2.05, 4.69) is 5.32 Å². The van der Waals surface area contributed by atoms with E-state index in [1.807, 2.05) is 58.9 Å². The van der Waals surface area contributed by atoms with E-state index >= 15 is 0 Å². The Hall–Kier alpha value is -3.07. The average molecular weight is 619 g/mol. The number of halogens is 2. The molecule has 0 saturated carbocycles. The van der Waals surface area contributed by atoms with Crippen molar-refractivity contribution in [2.75, 3.05) is 10.8 Å². The van der Waals surface area contributed by atoms with Crippen molar-refractivity contribution in [3.05, 3.63) is 93.5 Å². The lowest BCUT2D eigenvalue weighted by atomic mass is 10.1. The van der Waals surface area contributed by atoms with Gasteiger partial charge in [-0.1, -0.05) is 79.0 Å².